The second-order valence-electron chi connectivity index (χ2n) is 3.27. The number of anilines is 2. The predicted octanol–water partition coefficient (Wildman–Crippen LogP) is 1.99. The number of hydrogen-bond acceptors (Lipinski definition) is 6. The molecule has 0 atom stereocenters. The van der Waals surface area contributed by atoms with Crippen LogP contribution < -0.4 is 11.1 Å². The van der Waals surface area contributed by atoms with Crippen LogP contribution in [0.1, 0.15) is 0 Å². The van der Waals surface area contributed by atoms with Crippen molar-refractivity contribution in [2.75, 3.05) is 16.8 Å². The molecule has 1 aromatic carbocycles. The van der Waals surface area contributed by atoms with Crippen LogP contribution in [-0.4, -0.2) is 21.9 Å². The van der Waals surface area contributed by atoms with Gasteiger partial charge in [0.1, 0.15) is 11.3 Å². The third-order valence-electron chi connectivity index (χ3n) is 1.96. The topological polar surface area (TPSA) is 80.9 Å². The van der Waals surface area contributed by atoms with E-state index in [9.17, 15) is 9.18 Å². The molecule has 1 aromatic heterocycles. The van der Waals surface area contributed by atoms with Crippen LogP contribution in [0.3, 0.4) is 0 Å². The van der Waals surface area contributed by atoms with Crippen molar-refractivity contribution in [3.8, 4) is 0 Å². The smallest absolute Gasteiger partial charge is 0.234 e. The zero-order valence-electron chi connectivity index (χ0n) is 9.09. The predicted molar refractivity (Wildman–Crippen MR) is 70.1 cm³/mol. The van der Waals surface area contributed by atoms with Gasteiger partial charge in [0.15, 0.2) is 4.34 Å². The number of rotatable bonds is 4. The van der Waals surface area contributed by atoms with Gasteiger partial charge in [-0.1, -0.05) is 23.1 Å². The summed E-state index contributed by atoms with van der Waals surface area (Å²) in [6.07, 6.45) is 0. The van der Waals surface area contributed by atoms with Crippen molar-refractivity contribution in [3.63, 3.8) is 0 Å². The van der Waals surface area contributed by atoms with Crippen LogP contribution in [0.25, 0.3) is 0 Å². The fourth-order valence-corrected chi connectivity index (χ4v) is 2.46. The average molecular weight is 284 g/mol. The largest absolute Gasteiger partial charge is 0.397 e. The van der Waals surface area contributed by atoms with Gasteiger partial charge in [0.2, 0.25) is 5.91 Å². The van der Waals surface area contributed by atoms with Crippen molar-refractivity contribution < 1.29 is 9.18 Å². The van der Waals surface area contributed by atoms with Crippen molar-refractivity contribution in [1.29, 1.82) is 0 Å². The lowest BCUT2D eigenvalue weighted by atomic mass is 10.2. The Balaban J connectivity index is 1.92. The number of halogens is 1. The minimum absolute atomic E-state index is 0.172. The van der Waals surface area contributed by atoms with E-state index in [0.717, 1.165) is 0 Å². The van der Waals surface area contributed by atoms with Crippen LogP contribution in [0.4, 0.5) is 15.8 Å². The molecule has 1 amide bonds. The molecule has 8 heteroatoms. The molecule has 0 radical (unpaired) electrons. The molecule has 0 aliphatic carbocycles. The van der Waals surface area contributed by atoms with E-state index < -0.39 is 5.82 Å². The first-order valence-electron chi connectivity index (χ1n) is 4.89. The number of aromatic nitrogens is 2. The minimum Gasteiger partial charge on any atom is -0.397 e. The zero-order valence-corrected chi connectivity index (χ0v) is 10.7. The van der Waals surface area contributed by atoms with Crippen LogP contribution in [0.15, 0.2) is 28.0 Å². The zero-order chi connectivity index (χ0) is 13.0. The molecule has 0 spiro atoms. The maximum absolute atomic E-state index is 13.0. The maximum Gasteiger partial charge on any atom is 0.234 e. The number of nitrogens with one attached hydrogen (secondary N) is 1. The molecule has 0 fully saturated rings. The Morgan fingerprint density at radius 2 is 2.39 bits per heavy atom. The number of hydrogen-bond donors (Lipinski definition) is 2. The van der Waals surface area contributed by atoms with Crippen LogP contribution in [0, 0.1) is 5.82 Å². The Hall–Kier alpha value is -1.67. The number of nitrogens with two attached hydrogens (primary N) is 1. The normalized spacial score (nSPS) is 10.3. The van der Waals surface area contributed by atoms with Crippen LogP contribution in [-0.2, 0) is 4.79 Å². The number of carbonyl (C=O) groups is 1. The molecule has 0 saturated heterocycles. The number of carbonyl (C=O) groups excluding carboxylic acids is 1. The van der Waals surface area contributed by atoms with Crippen molar-refractivity contribution in [3.05, 3.63) is 29.5 Å². The van der Waals surface area contributed by atoms with E-state index in [0.29, 0.717) is 10.0 Å². The lowest BCUT2D eigenvalue weighted by molar-refractivity contribution is -0.113. The summed E-state index contributed by atoms with van der Waals surface area (Å²) in [6.45, 7) is 0. The molecule has 2 rings (SSSR count). The van der Waals surface area contributed by atoms with Crippen LogP contribution in [0.2, 0.25) is 0 Å². The molecular formula is C10H9FN4OS2. The molecule has 0 unspecified atom stereocenters. The Kier molecular flexibility index (Phi) is 4.11. The monoisotopic (exact) mass is 284 g/mol. The standard InChI is InChI=1S/C10H9FN4OS2/c11-6-1-2-7(12)8(3-6)14-9(16)4-17-10-15-13-5-18-10/h1-3,5H,4,12H2,(H,14,16). The highest BCUT2D eigenvalue weighted by atomic mass is 32.2. The average Bonchev–Trinajstić information content (AvgIpc) is 2.84. The lowest BCUT2D eigenvalue weighted by Gasteiger charge is -2.07. The maximum atomic E-state index is 13.0. The summed E-state index contributed by atoms with van der Waals surface area (Å²) in [4.78, 5) is 11.6. The summed E-state index contributed by atoms with van der Waals surface area (Å²) in [5, 5.41) is 10.00. The summed E-state index contributed by atoms with van der Waals surface area (Å²) < 4.78 is 13.7. The molecule has 0 bridgehead atoms. The highest BCUT2D eigenvalue weighted by molar-refractivity contribution is 8.01. The molecule has 2 aromatic rings. The molecule has 94 valence electrons. The summed E-state index contributed by atoms with van der Waals surface area (Å²) in [5.74, 6) is -0.547. The number of amides is 1. The molecule has 0 aliphatic rings. The van der Waals surface area contributed by atoms with Gasteiger partial charge in [-0.3, -0.25) is 4.79 Å². The number of benzene rings is 1. The van der Waals surface area contributed by atoms with Crippen molar-refractivity contribution in [2.45, 2.75) is 4.34 Å². The molecular weight excluding hydrogens is 275 g/mol. The highest BCUT2D eigenvalue weighted by Crippen LogP contribution is 2.21. The summed E-state index contributed by atoms with van der Waals surface area (Å²) in [5.41, 5.74) is 7.81. The minimum atomic E-state index is -0.448. The molecule has 18 heavy (non-hydrogen) atoms. The number of thioether (sulfide) groups is 1. The van der Waals surface area contributed by atoms with E-state index in [-0.39, 0.29) is 17.3 Å². The Morgan fingerprint density at radius 3 is 3.11 bits per heavy atom. The van der Waals surface area contributed by atoms with Gasteiger partial charge in [0.25, 0.3) is 0 Å². The molecule has 3 N–H and O–H groups in total. The Morgan fingerprint density at radius 1 is 1.56 bits per heavy atom. The van der Waals surface area contributed by atoms with Gasteiger partial charge in [-0.05, 0) is 18.2 Å². The van der Waals surface area contributed by atoms with Crippen molar-refractivity contribution in [1.82, 2.24) is 10.2 Å². The third-order valence-corrected chi connectivity index (χ3v) is 3.82. The van der Waals surface area contributed by atoms with Gasteiger partial charge in [-0.2, -0.15) is 0 Å². The quantitative estimate of drug-likeness (QED) is 0.663. The second kappa shape index (κ2) is 5.78. The van der Waals surface area contributed by atoms with E-state index >= 15 is 0 Å². The third kappa shape index (κ3) is 3.41. The van der Waals surface area contributed by atoms with Crippen LogP contribution in [0.5, 0.6) is 0 Å². The lowest BCUT2D eigenvalue weighted by Crippen LogP contribution is -2.15. The van der Waals surface area contributed by atoms with Gasteiger partial charge in [-0.25, -0.2) is 4.39 Å². The Bertz CT molecular complexity index is 547. The molecule has 0 aliphatic heterocycles. The van der Waals surface area contributed by atoms with E-state index in [1.54, 1.807) is 5.51 Å². The molecule has 0 saturated carbocycles. The molecule has 1 heterocycles. The Labute approximate surface area is 111 Å². The van der Waals surface area contributed by atoms with Gasteiger partial charge in [0, 0.05) is 0 Å². The van der Waals surface area contributed by atoms with Crippen molar-refractivity contribution in [2.24, 2.45) is 0 Å². The first kappa shape index (κ1) is 12.8. The van der Waals surface area contributed by atoms with Gasteiger partial charge in [-0.15, -0.1) is 10.2 Å². The number of nitrogens with zero attached hydrogens (tertiary/aromatic N) is 2. The van der Waals surface area contributed by atoms with Gasteiger partial charge < -0.3 is 11.1 Å². The summed E-state index contributed by atoms with van der Waals surface area (Å²) >= 11 is 2.62. The first-order chi connectivity index (χ1) is 8.65. The second-order valence-corrected chi connectivity index (χ2v) is 5.33. The van der Waals surface area contributed by atoms with E-state index in [4.69, 9.17) is 5.73 Å². The fraction of sp³-hybridized carbons (Fsp3) is 0.100. The van der Waals surface area contributed by atoms with E-state index in [2.05, 4.69) is 15.5 Å². The SMILES string of the molecule is Nc1ccc(F)cc1NC(=O)CSc1nncs1. The van der Waals surface area contributed by atoms with E-state index in [1.807, 2.05) is 0 Å². The van der Waals surface area contributed by atoms with Gasteiger partial charge in [0.05, 0.1) is 17.1 Å². The van der Waals surface area contributed by atoms with Gasteiger partial charge >= 0.3 is 0 Å². The first-order valence-corrected chi connectivity index (χ1v) is 6.75. The highest BCUT2D eigenvalue weighted by Gasteiger charge is 2.08. The van der Waals surface area contributed by atoms with E-state index in [1.165, 1.54) is 41.3 Å². The molecule has 5 nitrogen and oxygen atoms in total. The van der Waals surface area contributed by atoms with Crippen LogP contribution >= 0.6 is 23.1 Å². The summed E-state index contributed by atoms with van der Waals surface area (Å²) in [6, 6.07) is 3.83. The summed E-state index contributed by atoms with van der Waals surface area (Å²) in [7, 11) is 0. The number of nitrogen functional groups attached to an aromatic ring is 1. The van der Waals surface area contributed by atoms with Crippen molar-refractivity contribution >= 4 is 40.4 Å². The fourth-order valence-electron chi connectivity index (χ4n) is 1.18.